The fourth-order valence-corrected chi connectivity index (χ4v) is 5.14. The lowest BCUT2D eigenvalue weighted by Gasteiger charge is -2.22. The summed E-state index contributed by atoms with van der Waals surface area (Å²) in [6.07, 6.45) is 0.789. The predicted molar refractivity (Wildman–Crippen MR) is 105 cm³/mol. The number of hydrogen-bond donors (Lipinski definition) is 2. The molecule has 3 N–H and O–H groups in total. The number of nitrogens with two attached hydrogens (primary N) is 1. The van der Waals surface area contributed by atoms with Crippen molar-refractivity contribution in [2.45, 2.75) is 26.4 Å². The largest absolute Gasteiger partial charge is 0.368 e. The van der Waals surface area contributed by atoms with Gasteiger partial charge >= 0.3 is 5.69 Å². The van der Waals surface area contributed by atoms with E-state index in [1.807, 2.05) is 6.07 Å². The second-order valence-corrected chi connectivity index (χ2v) is 7.86. The van der Waals surface area contributed by atoms with E-state index in [1.165, 1.54) is 20.8 Å². The van der Waals surface area contributed by atoms with Crippen molar-refractivity contribution >= 4 is 27.5 Å². The molecule has 0 fully saturated rings. The number of aromatic nitrogens is 2. The van der Waals surface area contributed by atoms with Crippen molar-refractivity contribution in [3.8, 4) is 5.69 Å². The van der Waals surface area contributed by atoms with Gasteiger partial charge in [-0.1, -0.05) is 18.2 Å². The van der Waals surface area contributed by atoms with Gasteiger partial charge in [-0.05, 0) is 24.6 Å². The van der Waals surface area contributed by atoms with Gasteiger partial charge in [-0.15, -0.1) is 11.3 Å². The van der Waals surface area contributed by atoms with Crippen LogP contribution in [0.15, 0.2) is 39.9 Å². The Bertz CT molecular complexity index is 1140. The average Bonchev–Trinajstić information content (AvgIpc) is 3.04. The second-order valence-electron chi connectivity index (χ2n) is 6.78. The van der Waals surface area contributed by atoms with Crippen LogP contribution in [0, 0.1) is 0 Å². The molecule has 0 bridgehead atoms. The quantitative estimate of drug-likeness (QED) is 0.644. The number of primary amides is 1. The van der Waals surface area contributed by atoms with Gasteiger partial charge in [-0.25, -0.2) is 9.36 Å². The van der Waals surface area contributed by atoms with Crippen LogP contribution in [0.4, 0.5) is 0 Å². The van der Waals surface area contributed by atoms with Crippen LogP contribution < -0.4 is 21.9 Å². The molecule has 1 aliphatic heterocycles. The number of amides is 1. The fourth-order valence-electron chi connectivity index (χ4n) is 3.74. The van der Waals surface area contributed by atoms with Crippen LogP contribution in [0.25, 0.3) is 15.9 Å². The molecular formula is C19H21N4O3S+. The number of nitrogens with zero attached hydrogens (tertiary/aromatic N) is 2. The van der Waals surface area contributed by atoms with Crippen LogP contribution in [-0.2, 0) is 24.3 Å². The van der Waals surface area contributed by atoms with Crippen LogP contribution in [-0.4, -0.2) is 28.1 Å². The molecule has 3 aromatic rings. The monoisotopic (exact) mass is 385 g/mol. The van der Waals surface area contributed by atoms with Crippen molar-refractivity contribution in [2.75, 3.05) is 13.1 Å². The first-order valence-corrected chi connectivity index (χ1v) is 9.80. The summed E-state index contributed by atoms with van der Waals surface area (Å²) >= 11 is 1.44. The third-order valence-corrected chi connectivity index (χ3v) is 6.38. The SMILES string of the molecule is CC[NH+]1CCc2c(sc3c2c(=O)n(-c2ccccc2)c(=O)n3CC(N)=O)C1. The molecule has 8 heteroatoms. The summed E-state index contributed by atoms with van der Waals surface area (Å²) in [6, 6.07) is 8.80. The average molecular weight is 385 g/mol. The van der Waals surface area contributed by atoms with Gasteiger partial charge in [-0.2, -0.15) is 0 Å². The van der Waals surface area contributed by atoms with E-state index in [1.54, 1.807) is 24.3 Å². The fraction of sp³-hybridized carbons (Fsp3) is 0.316. The highest BCUT2D eigenvalue weighted by molar-refractivity contribution is 7.18. The Morgan fingerprint density at radius 1 is 1.26 bits per heavy atom. The van der Waals surface area contributed by atoms with Crippen LogP contribution in [0.3, 0.4) is 0 Å². The Hall–Kier alpha value is -2.71. The molecule has 1 unspecified atom stereocenters. The predicted octanol–water partition coefficient (Wildman–Crippen LogP) is -0.340. The topological polar surface area (TPSA) is 91.5 Å². The van der Waals surface area contributed by atoms with Gasteiger partial charge < -0.3 is 10.6 Å². The Kier molecular flexibility index (Phi) is 4.45. The van der Waals surface area contributed by atoms with Crippen molar-refractivity contribution in [3.63, 3.8) is 0 Å². The number of carbonyl (C=O) groups excluding carboxylic acids is 1. The van der Waals surface area contributed by atoms with Gasteiger partial charge in [0, 0.05) is 6.42 Å². The second kappa shape index (κ2) is 6.79. The molecule has 0 aliphatic carbocycles. The first kappa shape index (κ1) is 17.7. The minimum Gasteiger partial charge on any atom is -0.368 e. The number of thiophene rings is 1. The number of hydrogen-bond acceptors (Lipinski definition) is 4. The molecule has 140 valence electrons. The molecule has 1 aromatic carbocycles. The van der Waals surface area contributed by atoms with Gasteiger partial charge in [0.1, 0.15) is 17.9 Å². The van der Waals surface area contributed by atoms with Gasteiger partial charge in [0.05, 0.1) is 29.0 Å². The highest BCUT2D eigenvalue weighted by atomic mass is 32.1. The first-order chi connectivity index (χ1) is 13.0. The van der Waals surface area contributed by atoms with Crippen molar-refractivity contribution in [1.82, 2.24) is 9.13 Å². The summed E-state index contributed by atoms with van der Waals surface area (Å²) in [6.45, 7) is 4.69. The Morgan fingerprint density at radius 3 is 2.67 bits per heavy atom. The molecule has 1 aliphatic rings. The third kappa shape index (κ3) is 2.90. The summed E-state index contributed by atoms with van der Waals surface area (Å²) in [5, 5.41) is 0.551. The van der Waals surface area contributed by atoms with E-state index >= 15 is 0 Å². The Labute approximate surface area is 159 Å². The van der Waals surface area contributed by atoms with E-state index in [4.69, 9.17) is 5.73 Å². The lowest BCUT2D eigenvalue weighted by Crippen LogP contribution is -3.11. The van der Waals surface area contributed by atoms with Crippen LogP contribution in [0.1, 0.15) is 17.4 Å². The van der Waals surface area contributed by atoms with E-state index in [0.717, 1.165) is 41.1 Å². The van der Waals surface area contributed by atoms with Crippen LogP contribution in [0.2, 0.25) is 0 Å². The van der Waals surface area contributed by atoms with Crippen molar-refractivity contribution in [2.24, 2.45) is 5.73 Å². The number of nitrogens with one attached hydrogen (secondary N) is 1. The van der Waals surface area contributed by atoms with Crippen LogP contribution >= 0.6 is 11.3 Å². The highest BCUT2D eigenvalue weighted by Gasteiger charge is 2.28. The molecule has 27 heavy (non-hydrogen) atoms. The Balaban J connectivity index is 2.07. The minimum absolute atomic E-state index is 0.244. The van der Waals surface area contributed by atoms with Gasteiger partial charge in [0.25, 0.3) is 5.56 Å². The summed E-state index contributed by atoms with van der Waals surface area (Å²) in [7, 11) is 0. The lowest BCUT2D eigenvalue weighted by molar-refractivity contribution is -0.913. The number of likely N-dealkylation sites (N-methyl/N-ethyl adjacent to an activating group) is 1. The standard InChI is InChI=1S/C19H20N4O3S/c1-2-21-9-8-13-14(10-21)27-18-16(13)17(25)23(12-6-4-3-5-7-12)19(26)22(18)11-15(20)24/h3-7H,2,8-11H2,1H3,(H2,20,24)/p+1. The number of quaternary nitrogens is 1. The molecule has 1 atom stereocenters. The first-order valence-electron chi connectivity index (χ1n) is 8.98. The zero-order valence-corrected chi connectivity index (χ0v) is 15.8. The smallest absolute Gasteiger partial charge is 0.337 e. The maximum Gasteiger partial charge on any atom is 0.337 e. The maximum atomic E-state index is 13.3. The molecule has 0 spiro atoms. The van der Waals surface area contributed by atoms with Gasteiger partial charge in [-0.3, -0.25) is 14.2 Å². The maximum absolute atomic E-state index is 13.3. The van der Waals surface area contributed by atoms with E-state index in [2.05, 4.69) is 6.92 Å². The van der Waals surface area contributed by atoms with E-state index in [0.29, 0.717) is 15.9 Å². The van der Waals surface area contributed by atoms with Crippen molar-refractivity contribution < 1.29 is 9.69 Å². The number of benzene rings is 1. The van der Waals surface area contributed by atoms with Crippen molar-refractivity contribution in [1.29, 1.82) is 0 Å². The summed E-state index contributed by atoms with van der Waals surface area (Å²) in [4.78, 5) is 41.1. The van der Waals surface area contributed by atoms with E-state index in [-0.39, 0.29) is 12.1 Å². The van der Waals surface area contributed by atoms with E-state index < -0.39 is 11.6 Å². The van der Waals surface area contributed by atoms with Crippen LogP contribution in [0.5, 0.6) is 0 Å². The molecule has 3 heterocycles. The molecule has 2 aromatic heterocycles. The van der Waals surface area contributed by atoms with E-state index in [9.17, 15) is 14.4 Å². The molecule has 0 saturated carbocycles. The zero-order valence-electron chi connectivity index (χ0n) is 15.0. The molecule has 0 saturated heterocycles. The zero-order chi connectivity index (χ0) is 19.1. The third-order valence-electron chi connectivity index (χ3n) is 5.12. The normalized spacial score (nSPS) is 16.4. The summed E-state index contributed by atoms with van der Waals surface area (Å²) in [5.74, 6) is -0.608. The van der Waals surface area contributed by atoms with Gasteiger partial charge in [0.15, 0.2) is 0 Å². The molecule has 7 nitrogen and oxygen atoms in total. The number of rotatable bonds is 4. The molecule has 1 amide bonds. The molecule has 4 rings (SSSR count). The number of carbonyl (C=O) groups is 1. The lowest BCUT2D eigenvalue weighted by atomic mass is 10.1. The van der Waals surface area contributed by atoms with Crippen molar-refractivity contribution in [3.05, 3.63) is 61.6 Å². The highest BCUT2D eigenvalue weighted by Crippen LogP contribution is 2.30. The number of fused-ring (bicyclic) bond motifs is 3. The summed E-state index contributed by atoms with van der Waals surface area (Å²) in [5.41, 5.74) is 6.04. The Morgan fingerprint density at radius 2 is 2.00 bits per heavy atom. The minimum atomic E-state index is -0.608. The summed E-state index contributed by atoms with van der Waals surface area (Å²) < 4.78 is 2.50. The molecular weight excluding hydrogens is 364 g/mol. The molecule has 0 radical (unpaired) electrons. The van der Waals surface area contributed by atoms with Gasteiger partial charge in [0.2, 0.25) is 5.91 Å². The number of para-hydroxylation sites is 1.